The van der Waals surface area contributed by atoms with Gasteiger partial charge < -0.3 is 19.4 Å². The molecule has 0 saturated carbocycles. The van der Waals surface area contributed by atoms with Gasteiger partial charge in [-0.05, 0) is 62.0 Å². The van der Waals surface area contributed by atoms with Gasteiger partial charge in [0.15, 0.2) is 6.61 Å². The molecule has 182 valence electrons. The number of amides is 3. The highest BCUT2D eigenvalue weighted by Gasteiger charge is 2.47. The summed E-state index contributed by atoms with van der Waals surface area (Å²) in [7, 11) is 3.43. The number of hydrogen-bond donors (Lipinski definition) is 0. The molecule has 0 radical (unpaired) electrons. The van der Waals surface area contributed by atoms with Crippen LogP contribution in [0.2, 0.25) is 0 Å². The van der Waals surface area contributed by atoms with E-state index in [1.165, 1.54) is 11.0 Å². The predicted molar refractivity (Wildman–Crippen MR) is 117 cm³/mol. The summed E-state index contributed by atoms with van der Waals surface area (Å²) in [5, 5.41) is 0. The van der Waals surface area contributed by atoms with Gasteiger partial charge >= 0.3 is 12.1 Å². The third-order valence-corrected chi connectivity index (χ3v) is 7.10. The van der Waals surface area contributed by atoms with E-state index in [2.05, 4.69) is 9.64 Å². The number of halogens is 3. The summed E-state index contributed by atoms with van der Waals surface area (Å²) in [4.78, 5) is 31.8. The molecule has 0 N–H and O–H groups in total. The van der Waals surface area contributed by atoms with Crippen LogP contribution >= 0.6 is 0 Å². The minimum Gasteiger partial charge on any atom is -0.443 e. The number of hydrogen-bond acceptors (Lipinski definition) is 4. The maximum absolute atomic E-state index is 14.1. The average Bonchev–Trinajstić information content (AvgIpc) is 3.36. The van der Waals surface area contributed by atoms with Crippen LogP contribution in [0, 0.1) is 11.7 Å². The van der Waals surface area contributed by atoms with Gasteiger partial charge in [-0.15, -0.1) is 0 Å². The molecule has 1 atom stereocenters. The molecule has 33 heavy (non-hydrogen) atoms. The number of carbonyl (C=O) groups is 2. The van der Waals surface area contributed by atoms with E-state index in [0.717, 1.165) is 50.1 Å². The van der Waals surface area contributed by atoms with Crippen LogP contribution in [0.5, 0.6) is 0 Å². The molecule has 0 unspecified atom stereocenters. The molecule has 3 heterocycles. The molecule has 2 fully saturated rings. The van der Waals surface area contributed by atoms with Crippen molar-refractivity contribution in [1.82, 2.24) is 14.7 Å². The zero-order valence-corrected chi connectivity index (χ0v) is 19.1. The van der Waals surface area contributed by atoms with Crippen molar-refractivity contribution in [2.24, 2.45) is 5.92 Å². The number of fused-ring (bicyclic) bond motifs is 2. The predicted octanol–water partition coefficient (Wildman–Crippen LogP) is 3.38. The van der Waals surface area contributed by atoms with Crippen LogP contribution in [-0.4, -0.2) is 93.2 Å². The monoisotopic (exact) mass is 468 g/mol. The number of benzene rings is 1. The van der Waals surface area contributed by atoms with Crippen molar-refractivity contribution in [3.05, 3.63) is 29.6 Å². The molecular weight excluding hydrogens is 437 g/mol. The van der Waals surface area contributed by atoms with E-state index in [0.29, 0.717) is 19.6 Å². The second kappa shape index (κ2) is 9.40. The van der Waals surface area contributed by atoms with Gasteiger partial charge in [0.05, 0.1) is 0 Å². The molecule has 7 nitrogen and oxygen atoms in total. The van der Waals surface area contributed by atoms with Gasteiger partial charge in [0.25, 0.3) is 6.43 Å². The number of carbonyl (C=O) groups excluding carboxylic acids is 2. The normalized spacial score (nSPS) is 22.2. The van der Waals surface area contributed by atoms with Gasteiger partial charge in [0.1, 0.15) is 5.82 Å². The fraction of sp³-hybridized carbons (Fsp3) is 0.652. The van der Waals surface area contributed by atoms with Crippen molar-refractivity contribution < 1.29 is 27.5 Å². The maximum atomic E-state index is 14.1. The SMILES string of the molecule is CN(C)C(=O)N1CC2(CCN(C[C@H]3CCN(C(=O)OCC(F)F)C3)CC2)c2cc(F)ccc21. The molecule has 1 aromatic rings. The van der Waals surface area contributed by atoms with Gasteiger partial charge in [-0.3, -0.25) is 4.90 Å². The molecule has 0 bridgehead atoms. The van der Waals surface area contributed by atoms with Crippen LogP contribution in [-0.2, 0) is 10.2 Å². The number of anilines is 1. The fourth-order valence-electron chi connectivity index (χ4n) is 5.38. The van der Waals surface area contributed by atoms with E-state index < -0.39 is 19.1 Å². The van der Waals surface area contributed by atoms with Crippen molar-refractivity contribution in [2.75, 3.05) is 64.9 Å². The topological polar surface area (TPSA) is 56.3 Å². The van der Waals surface area contributed by atoms with Gasteiger partial charge in [-0.2, -0.15) is 0 Å². The Morgan fingerprint density at radius 3 is 2.61 bits per heavy atom. The summed E-state index contributed by atoms with van der Waals surface area (Å²) in [5.41, 5.74) is 1.43. The standard InChI is InChI=1S/C23H31F3N4O3/c1-27(2)21(31)30-15-23(18-11-17(24)3-4-19(18)30)6-9-28(10-7-23)12-16-5-8-29(13-16)22(32)33-14-20(25)26/h3-4,11,16,20H,5-10,12-15H2,1-2H3/t16-/m1/s1. The zero-order valence-electron chi connectivity index (χ0n) is 19.1. The van der Waals surface area contributed by atoms with Gasteiger partial charge in [0.2, 0.25) is 0 Å². The summed E-state index contributed by atoms with van der Waals surface area (Å²) in [5.74, 6) is -0.0299. The van der Waals surface area contributed by atoms with Crippen molar-refractivity contribution in [1.29, 1.82) is 0 Å². The maximum Gasteiger partial charge on any atom is 0.409 e. The smallest absolute Gasteiger partial charge is 0.409 e. The highest BCUT2D eigenvalue weighted by atomic mass is 19.3. The molecule has 2 saturated heterocycles. The zero-order chi connectivity index (χ0) is 23.8. The van der Waals surface area contributed by atoms with Crippen molar-refractivity contribution in [3.8, 4) is 0 Å². The van der Waals surface area contributed by atoms with E-state index in [9.17, 15) is 22.8 Å². The fourth-order valence-corrected chi connectivity index (χ4v) is 5.38. The third-order valence-electron chi connectivity index (χ3n) is 7.10. The number of piperidine rings is 1. The van der Waals surface area contributed by atoms with E-state index in [-0.39, 0.29) is 23.2 Å². The highest BCUT2D eigenvalue weighted by Crippen LogP contribution is 2.47. The molecule has 3 amide bonds. The number of nitrogens with zero attached hydrogens (tertiary/aromatic N) is 4. The molecule has 3 aliphatic rings. The minimum absolute atomic E-state index is 0.105. The summed E-state index contributed by atoms with van der Waals surface area (Å²) >= 11 is 0. The quantitative estimate of drug-likeness (QED) is 0.680. The van der Waals surface area contributed by atoms with Crippen LogP contribution in [0.3, 0.4) is 0 Å². The first-order chi connectivity index (χ1) is 15.7. The molecule has 0 aromatic heterocycles. The van der Waals surface area contributed by atoms with Crippen LogP contribution in [0.25, 0.3) is 0 Å². The van der Waals surface area contributed by atoms with Gasteiger partial charge in [-0.25, -0.2) is 22.8 Å². The van der Waals surface area contributed by atoms with Crippen LogP contribution < -0.4 is 4.90 Å². The Kier molecular flexibility index (Phi) is 6.74. The van der Waals surface area contributed by atoms with Gasteiger partial charge in [-0.1, -0.05) is 0 Å². The first-order valence-corrected chi connectivity index (χ1v) is 11.4. The Morgan fingerprint density at radius 1 is 1.21 bits per heavy atom. The Balaban J connectivity index is 1.36. The van der Waals surface area contributed by atoms with E-state index in [1.54, 1.807) is 36.0 Å². The molecule has 0 aliphatic carbocycles. The van der Waals surface area contributed by atoms with E-state index in [4.69, 9.17) is 0 Å². The molecular formula is C23H31F3N4O3. The molecule has 1 aromatic carbocycles. The third kappa shape index (κ3) is 4.90. The Hall–Kier alpha value is -2.49. The summed E-state index contributed by atoms with van der Waals surface area (Å²) < 4.78 is 43.3. The van der Waals surface area contributed by atoms with E-state index in [1.807, 2.05) is 0 Å². The number of ether oxygens (including phenoxy) is 1. The molecule has 10 heteroatoms. The van der Waals surface area contributed by atoms with Gasteiger partial charge in [0, 0.05) is 51.4 Å². The summed E-state index contributed by atoms with van der Waals surface area (Å²) in [6, 6.07) is 4.58. The lowest BCUT2D eigenvalue weighted by molar-refractivity contribution is 0.0341. The lowest BCUT2D eigenvalue weighted by atomic mass is 9.74. The first kappa shape index (κ1) is 23.7. The second-order valence-electron chi connectivity index (χ2n) is 9.57. The van der Waals surface area contributed by atoms with Crippen LogP contribution in [0.4, 0.5) is 28.4 Å². The number of urea groups is 1. The summed E-state index contributed by atoms with van der Waals surface area (Å²) in [6.45, 7) is 3.12. The van der Waals surface area contributed by atoms with Crippen molar-refractivity contribution in [3.63, 3.8) is 0 Å². The summed E-state index contributed by atoms with van der Waals surface area (Å²) in [6.07, 6.45) is -0.900. The minimum atomic E-state index is -2.66. The molecule has 1 spiro atoms. The Bertz CT molecular complexity index is 890. The Labute approximate surface area is 192 Å². The van der Waals surface area contributed by atoms with Crippen LogP contribution in [0.1, 0.15) is 24.8 Å². The molecule has 4 rings (SSSR count). The van der Waals surface area contributed by atoms with Crippen LogP contribution in [0.15, 0.2) is 18.2 Å². The first-order valence-electron chi connectivity index (χ1n) is 11.4. The lowest BCUT2D eigenvalue weighted by Gasteiger charge is -2.40. The largest absolute Gasteiger partial charge is 0.443 e. The number of rotatable bonds is 4. The van der Waals surface area contributed by atoms with Crippen molar-refractivity contribution >= 4 is 17.8 Å². The average molecular weight is 469 g/mol. The Morgan fingerprint density at radius 2 is 1.94 bits per heavy atom. The highest BCUT2D eigenvalue weighted by molar-refractivity contribution is 5.95. The van der Waals surface area contributed by atoms with E-state index >= 15 is 0 Å². The second-order valence-corrected chi connectivity index (χ2v) is 9.57. The lowest BCUT2D eigenvalue weighted by Crippen LogP contribution is -2.48. The number of likely N-dealkylation sites (tertiary alicyclic amines) is 2. The molecule has 3 aliphatic heterocycles. The number of alkyl halides is 2. The van der Waals surface area contributed by atoms with Crippen molar-refractivity contribution in [2.45, 2.75) is 31.1 Å².